The van der Waals surface area contributed by atoms with Crippen molar-refractivity contribution in [3.63, 3.8) is 0 Å². The maximum atomic E-state index is 11.7. The monoisotopic (exact) mass is 263 g/mol. The van der Waals surface area contributed by atoms with Crippen LogP contribution in [0.2, 0.25) is 0 Å². The summed E-state index contributed by atoms with van der Waals surface area (Å²) in [5.41, 5.74) is 19.1. The summed E-state index contributed by atoms with van der Waals surface area (Å²) >= 11 is 0. The van der Waals surface area contributed by atoms with Crippen LogP contribution in [0.15, 0.2) is 6.07 Å². The minimum absolute atomic E-state index is 0.0153. The first-order chi connectivity index (χ1) is 8.68. The highest BCUT2D eigenvalue weighted by atomic mass is 16.2. The summed E-state index contributed by atoms with van der Waals surface area (Å²) in [5.74, 6) is -1.21. The largest absolute Gasteiger partial charge is 0.398 e. The van der Waals surface area contributed by atoms with Crippen LogP contribution in [-0.4, -0.2) is 11.8 Å². The van der Waals surface area contributed by atoms with Gasteiger partial charge in [-0.1, -0.05) is 27.7 Å². The van der Waals surface area contributed by atoms with Gasteiger partial charge in [-0.15, -0.1) is 0 Å². The molecule has 0 radical (unpaired) electrons. The summed E-state index contributed by atoms with van der Waals surface area (Å²) in [7, 11) is 0. The number of amides is 2. The molecule has 104 valence electrons. The Morgan fingerprint density at radius 2 is 1.42 bits per heavy atom. The number of nitrogen functional groups attached to an aromatic ring is 1. The van der Waals surface area contributed by atoms with Crippen LogP contribution < -0.4 is 17.2 Å². The molecule has 0 saturated carbocycles. The molecule has 1 aromatic carbocycles. The second-order valence-corrected chi connectivity index (χ2v) is 5.25. The summed E-state index contributed by atoms with van der Waals surface area (Å²) in [6.45, 7) is 7.81. The smallest absolute Gasteiger partial charge is 0.249 e. The second kappa shape index (κ2) is 5.30. The standard InChI is InChI=1S/C14H21N3O2/c1-6(2)10-9(15)5-8(13(16)18)12(14(17)19)11(10)7(3)4/h5-7H,15H2,1-4H3,(H2,16,18)(H2,17,19). The lowest BCUT2D eigenvalue weighted by Gasteiger charge is -2.23. The number of hydrogen-bond acceptors (Lipinski definition) is 3. The topological polar surface area (TPSA) is 112 Å². The van der Waals surface area contributed by atoms with Gasteiger partial charge in [-0.25, -0.2) is 0 Å². The van der Waals surface area contributed by atoms with Crippen LogP contribution in [0.5, 0.6) is 0 Å². The minimum atomic E-state index is -0.697. The van der Waals surface area contributed by atoms with Crippen molar-refractivity contribution in [2.75, 3.05) is 5.73 Å². The van der Waals surface area contributed by atoms with Crippen molar-refractivity contribution in [3.8, 4) is 0 Å². The molecule has 0 aliphatic heterocycles. The Bertz CT molecular complexity index is 534. The molecule has 0 bridgehead atoms. The molecule has 0 spiro atoms. The molecule has 0 atom stereocenters. The molecular weight excluding hydrogens is 242 g/mol. The van der Waals surface area contributed by atoms with E-state index < -0.39 is 11.8 Å². The number of benzene rings is 1. The number of hydrogen-bond donors (Lipinski definition) is 3. The molecule has 19 heavy (non-hydrogen) atoms. The average molecular weight is 263 g/mol. The van der Waals surface area contributed by atoms with E-state index in [0.29, 0.717) is 5.69 Å². The Balaban J connectivity index is 3.87. The van der Waals surface area contributed by atoms with Crippen LogP contribution >= 0.6 is 0 Å². The Morgan fingerprint density at radius 3 is 1.74 bits per heavy atom. The van der Waals surface area contributed by atoms with E-state index in [0.717, 1.165) is 11.1 Å². The van der Waals surface area contributed by atoms with Crippen molar-refractivity contribution in [1.29, 1.82) is 0 Å². The third kappa shape index (κ3) is 2.70. The van der Waals surface area contributed by atoms with Gasteiger partial charge in [-0.2, -0.15) is 0 Å². The van der Waals surface area contributed by atoms with E-state index in [4.69, 9.17) is 17.2 Å². The van der Waals surface area contributed by atoms with Crippen molar-refractivity contribution in [1.82, 2.24) is 0 Å². The first-order valence-electron chi connectivity index (χ1n) is 6.24. The van der Waals surface area contributed by atoms with Crippen LogP contribution in [0.3, 0.4) is 0 Å². The fourth-order valence-electron chi connectivity index (χ4n) is 2.44. The van der Waals surface area contributed by atoms with Gasteiger partial charge >= 0.3 is 0 Å². The van der Waals surface area contributed by atoms with E-state index in [2.05, 4.69) is 0 Å². The molecule has 5 nitrogen and oxygen atoms in total. The second-order valence-electron chi connectivity index (χ2n) is 5.25. The van der Waals surface area contributed by atoms with Gasteiger partial charge in [0, 0.05) is 5.69 Å². The highest BCUT2D eigenvalue weighted by Crippen LogP contribution is 2.35. The summed E-state index contributed by atoms with van der Waals surface area (Å²) in [5, 5.41) is 0. The average Bonchev–Trinajstić information content (AvgIpc) is 2.25. The Kier molecular flexibility index (Phi) is 4.19. The molecule has 1 aromatic rings. The molecular formula is C14H21N3O2. The maximum Gasteiger partial charge on any atom is 0.249 e. The molecule has 0 aliphatic carbocycles. The zero-order valence-corrected chi connectivity index (χ0v) is 11.8. The molecule has 0 aromatic heterocycles. The third-order valence-corrected chi connectivity index (χ3v) is 3.11. The molecule has 0 saturated heterocycles. The van der Waals surface area contributed by atoms with Crippen LogP contribution in [0.25, 0.3) is 0 Å². The van der Waals surface area contributed by atoms with Crippen LogP contribution in [0.1, 0.15) is 71.4 Å². The van der Waals surface area contributed by atoms with E-state index >= 15 is 0 Å². The predicted octanol–water partition coefficient (Wildman–Crippen LogP) is 1.71. The fourth-order valence-corrected chi connectivity index (χ4v) is 2.44. The zero-order valence-electron chi connectivity index (χ0n) is 11.8. The molecule has 0 heterocycles. The van der Waals surface area contributed by atoms with Gasteiger partial charge in [-0.3, -0.25) is 9.59 Å². The van der Waals surface area contributed by atoms with E-state index in [-0.39, 0.29) is 23.0 Å². The molecule has 5 heteroatoms. The molecule has 0 aliphatic rings. The molecule has 6 N–H and O–H groups in total. The number of carbonyl (C=O) groups excluding carboxylic acids is 2. The van der Waals surface area contributed by atoms with Gasteiger partial charge in [0.2, 0.25) is 11.8 Å². The number of nitrogens with two attached hydrogens (primary N) is 3. The minimum Gasteiger partial charge on any atom is -0.398 e. The lowest BCUT2D eigenvalue weighted by molar-refractivity contribution is 0.0966. The highest BCUT2D eigenvalue weighted by molar-refractivity contribution is 6.08. The van der Waals surface area contributed by atoms with E-state index in [1.54, 1.807) is 0 Å². The van der Waals surface area contributed by atoms with Gasteiger partial charge < -0.3 is 17.2 Å². The van der Waals surface area contributed by atoms with Crippen molar-refractivity contribution < 1.29 is 9.59 Å². The zero-order chi connectivity index (χ0) is 14.9. The third-order valence-electron chi connectivity index (χ3n) is 3.11. The van der Waals surface area contributed by atoms with Crippen molar-refractivity contribution in [3.05, 3.63) is 28.3 Å². The number of rotatable bonds is 4. The first-order valence-corrected chi connectivity index (χ1v) is 6.24. The van der Waals surface area contributed by atoms with Gasteiger partial charge in [0.1, 0.15) is 0 Å². The van der Waals surface area contributed by atoms with Gasteiger partial charge in [0.25, 0.3) is 0 Å². The van der Waals surface area contributed by atoms with E-state index in [9.17, 15) is 9.59 Å². The Hall–Kier alpha value is -2.04. The number of carbonyl (C=O) groups is 2. The van der Waals surface area contributed by atoms with E-state index in [1.807, 2.05) is 27.7 Å². The quantitative estimate of drug-likeness (QED) is 0.719. The van der Waals surface area contributed by atoms with Crippen molar-refractivity contribution in [2.24, 2.45) is 11.5 Å². The summed E-state index contributed by atoms with van der Waals surface area (Å²) in [4.78, 5) is 23.2. The fraction of sp³-hybridized carbons (Fsp3) is 0.429. The Labute approximate surface area is 113 Å². The van der Waals surface area contributed by atoms with Gasteiger partial charge in [0.15, 0.2) is 0 Å². The first kappa shape index (κ1) is 15.0. The number of anilines is 1. The normalized spacial score (nSPS) is 11.1. The van der Waals surface area contributed by atoms with E-state index in [1.165, 1.54) is 6.07 Å². The van der Waals surface area contributed by atoms with Crippen LogP contribution in [0, 0.1) is 0 Å². The molecule has 1 rings (SSSR count). The van der Waals surface area contributed by atoms with Crippen LogP contribution in [-0.2, 0) is 0 Å². The lowest BCUT2D eigenvalue weighted by atomic mass is 9.83. The molecule has 2 amide bonds. The molecule has 0 unspecified atom stereocenters. The van der Waals surface area contributed by atoms with Crippen molar-refractivity contribution in [2.45, 2.75) is 39.5 Å². The Morgan fingerprint density at radius 1 is 0.947 bits per heavy atom. The summed E-state index contributed by atoms with van der Waals surface area (Å²) in [6.07, 6.45) is 0. The molecule has 0 fully saturated rings. The van der Waals surface area contributed by atoms with Gasteiger partial charge in [0.05, 0.1) is 11.1 Å². The van der Waals surface area contributed by atoms with Crippen molar-refractivity contribution >= 4 is 17.5 Å². The lowest BCUT2D eigenvalue weighted by Crippen LogP contribution is -2.25. The number of primary amides is 2. The summed E-state index contributed by atoms with van der Waals surface area (Å²) in [6, 6.07) is 1.45. The highest BCUT2D eigenvalue weighted by Gasteiger charge is 2.25. The predicted molar refractivity (Wildman–Crippen MR) is 76.1 cm³/mol. The SMILES string of the molecule is CC(C)c1c(N)cc(C(N)=O)c(C(N)=O)c1C(C)C. The van der Waals surface area contributed by atoms with Crippen LogP contribution in [0.4, 0.5) is 5.69 Å². The van der Waals surface area contributed by atoms with Gasteiger partial charge in [-0.05, 0) is 29.0 Å². The maximum absolute atomic E-state index is 11.7. The summed E-state index contributed by atoms with van der Waals surface area (Å²) < 4.78 is 0.